The predicted octanol–water partition coefficient (Wildman–Crippen LogP) is 4.60. The Hall–Kier alpha value is -3.42. The van der Waals surface area contributed by atoms with Gasteiger partial charge in [0, 0.05) is 18.8 Å². The van der Waals surface area contributed by atoms with Crippen molar-refractivity contribution in [3.05, 3.63) is 121 Å². The van der Waals surface area contributed by atoms with Crippen molar-refractivity contribution < 1.29 is 4.79 Å². The van der Waals surface area contributed by atoms with Crippen molar-refractivity contribution in [3.8, 4) is 0 Å². The Morgan fingerprint density at radius 3 is 1.66 bits per heavy atom. The molecule has 1 aromatic heterocycles. The number of benzene rings is 3. The number of pyridine rings is 1. The summed E-state index contributed by atoms with van der Waals surface area (Å²) in [5, 5.41) is 12.1. The van der Waals surface area contributed by atoms with Crippen molar-refractivity contribution in [1.82, 2.24) is 4.98 Å². The molecule has 0 spiro atoms. The average Bonchev–Trinajstić information content (AvgIpc) is 2.86. The van der Waals surface area contributed by atoms with Crippen LogP contribution in [0.4, 0.5) is 0 Å². The number of rotatable bonds is 8. The number of carbonyl (C=O) groups is 1. The van der Waals surface area contributed by atoms with Crippen molar-refractivity contribution in [2.45, 2.75) is 19.0 Å². The standard InChI is InChI=1S/C28H26N2OP/c1-22(28(31)27(29)20-23-12-11-19-30-21-23)32(24-13-5-2-6-14-24,25-15-7-3-8-16-25)26-17-9-4-10-18-26/h2-19,21-22,29H,20H2,1H3/q+1. The first-order valence-corrected chi connectivity index (χ1v) is 12.6. The van der Waals surface area contributed by atoms with Gasteiger partial charge >= 0.3 is 0 Å². The lowest BCUT2D eigenvalue weighted by molar-refractivity contribution is -0.112. The van der Waals surface area contributed by atoms with Crippen LogP contribution < -0.4 is 15.9 Å². The summed E-state index contributed by atoms with van der Waals surface area (Å²) >= 11 is 0. The van der Waals surface area contributed by atoms with Gasteiger partial charge in [-0.25, -0.2) is 0 Å². The van der Waals surface area contributed by atoms with Gasteiger partial charge in [0.05, 0.1) is 5.71 Å². The number of aromatic nitrogens is 1. The first-order chi connectivity index (χ1) is 15.6. The third-order valence-corrected chi connectivity index (χ3v) is 10.6. The van der Waals surface area contributed by atoms with E-state index in [-0.39, 0.29) is 23.6 Å². The molecule has 4 rings (SSSR count). The van der Waals surface area contributed by atoms with Crippen LogP contribution in [0.1, 0.15) is 12.5 Å². The van der Waals surface area contributed by atoms with Crippen molar-refractivity contribution in [1.29, 1.82) is 5.41 Å². The third-order valence-electron chi connectivity index (χ3n) is 5.85. The number of carbonyl (C=O) groups excluding carboxylic acids is 1. The lowest BCUT2D eigenvalue weighted by Crippen LogP contribution is -2.43. The highest BCUT2D eigenvalue weighted by atomic mass is 31.2. The number of nitrogens with one attached hydrogen (secondary N) is 1. The molecular weight excluding hydrogens is 411 g/mol. The molecule has 0 radical (unpaired) electrons. The van der Waals surface area contributed by atoms with Crippen molar-refractivity contribution >= 4 is 34.7 Å². The van der Waals surface area contributed by atoms with Crippen LogP contribution in [-0.2, 0) is 11.2 Å². The highest BCUT2D eigenvalue weighted by Gasteiger charge is 2.53. The van der Waals surface area contributed by atoms with E-state index in [2.05, 4.69) is 41.4 Å². The molecule has 1 heterocycles. The molecule has 32 heavy (non-hydrogen) atoms. The van der Waals surface area contributed by atoms with Gasteiger partial charge < -0.3 is 5.41 Å². The van der Waals surface area contributed by atoms with Gasteiger partial charge in [0.15, 0.2) is 0 Å². The van der Waals surface area contributed by atoms with E-state index in [0.29, 0.717) is 0 Å². The zero-order valence-electron chi connectivity index (χ0n) is 18.1. The molecule has 3 nitrogen and oxygen atoms in total. The minimum Gasteiger partial charge on any atom is -0.301 e. The van der Waals surface area contributed by atoms with Crippen molar-refractivity contribution in [2.75, 3.05) is 0 Å². The summed E-state index contributed by atoms with van der Waals surface area (Å²) in [5.74, 6) is -0.112. The van der Waals surface area contributed by atoms with Gasteiger partial charge in [-0.05, 0) is 55.0 Å². The number of ketones is 1. The molecule has 0 fully saturated rings. The lowest BCUT2D eigenvalue weighted by atomic mass is 10.1. The van der Waals surface area contributed by atoms with Crippen LogP contribution in [0.25, 0.3) is 0 Å². The molecule has 0 aliphatic carbocycles. The summed E-state index contributed by atoms with van der Waals surface area (Å²) < 4.78 is 0. The molecule has 1 N–H and O–H groups in total. The lowest BCUT2D eigenvalue weighted by Gasteiger charge is -2.32. The SMILES string of the molecule is CC(C(=O)C(=N)Cc1cccnc1)[P+](c1ccccc1)(c1ccccc1)c1ccccc1. The molecular formula is C28H26N2OP+. The monoisotopic (exact) mass is 437 g/mol. The smallest absolute Gasteiger partial charge is 0.217 e. The van der Waals surface area contributed by atoms with Crippen LogP contribution in [0.2, 0.25) is 0 Å². The fourth-order valence-corrected chi connectivity index (χ4v) is 9.00. The first kappa shape index (κ1) is 21.8. The molecule has 0 saturated carbocycles. The van der Waals surface area contributed by atoms with Gasteiger partial charge in [-0.15, -0.1) is 0 Å². The van der Waals surface area contributed by atoms with E-state index < -0.39 is 7.26 Å². The molecule has 4 aromatic rings. The first-order valence-electron chi connectivity index (χ1n) is 10.7. The Balaban J connectivity index is 1.87. The molecule has 158 valence electrons. The molecule has 3 aromatic carbocycles. The Labute approximate surface area is 190 Å². The second-order valence-corrected chi connectivity index (χ2v) is 11.6. The minimum absolute atomic E-state index is 0.112. The summed E-state index contributed by atoms with van der Waals surface area (Å²) in [7, 11) is -2.37. The zero-order valence-corrected chi connectivity index (χ0v) is 19.0. The number of nitrogens with zero attached hydrogens (tertiary/aromatic N) is 1. The van der Waals surface area contributed by atoms with Crippen LogP contribution in [-0.4, -0.2) is 22.1 Å². The molecule has 4 heteroatoms. The zero-order chi connectivity index (χ0) is 22.4. The van der Waals surface area contributed by atoms with E-state index in [0.717, 1.165) is 21.5 Å². The van der Waals surface area contributed by atoms with Gasteiger partial charge in [-0.1, -0.05) is 60.7 Å². The largest absolute Gasteiger partial charge is 0.301 e. The van der Waals surface area contributed by atoms with Gasteiger partial charge in [0.1, 0.15) is 28.8 Å². The van der Waals surface area contributed by atoms with Gasteiger partial charge in [-0.2, -0.15) is 0 Å². The number of hydrogen-bond donors (Lipinski definition) is 1. The molecule has 1 atom stereocenters. The van der Waals surface area contributed by atoms with Crippen LogP contribution in [0.5, 0.6) is 0 Å². The molecule has 0 aliphatic heterocycles. The summed E-state index contributed by atoms with van der Waals surface area (Å²) in [6, 6.07) is 34.7. The van der Waals surface area contributed by atoms with E-state index >= 15 is 0 Å². The van der Waals surface area contributed by atoms with Gasteiger partial charge in [-0.3, -0.25) is 9.78 Å². The quantitative estimate of drug-likeness (QED) is 0.324. The Bertz CT molecular complexity index is 1080. The molecule has 0 bridgehead atoms. The third kappa shape index (κ3) is 4.17. The van der Waals surface area contributed by atoms with Crippen molar-refractivity contribution in [2.24, 2.45) is 0 Å². The summed E-state index contributed by atoms with van der Waals surface area (Å²) in [4.78, 5) is 17.9. The van der Waals surface area contributed by atoms with E-state index in [1.165, 1.54) is 0 Å². The fraction of sp³-hybridized carbons (Fsp3) is 0.107. The second-order valence-electron chi connectivity index (χ2n) is 7.79. The van der Waals surface area contributed by atoms with Crippen LogP contribution >= 0.6 is 7.26 Å². The molecule has 0 amide bonds. The predicted molar refractivity (Wildman–Crippen MR) is 135 cm³/mol. The summed E-state index contributed by atoms with van der Waals surface area (Å²) in [6.45, 7) is 2.00. The maximum Gasteiger partial charge on any atom is 0.217 e. The number of hydrogen-bond acceptors (Lipinski definition) is 3. The summed E-state index contributed by atoms with van der Waals surface area (Å²) in [6.07, 6.45) is 3.71. The Kier molecular flexibility index (Phi) is 6.68. The minimum atomic E-state index is -2.37. The average molecular weight is 438 g/mol. The van der Waals surface area contributed by atoms with Crippen LogP contribution in [0, 0.1) is 5.41 Å². The second kappa shape index (κ2) is 9.80. The summed E-state index contributed by atoms with van der Waals surface area (Å²) in [5.41, 5.74) is 0.623. The highest BCUT2D eigenvalue weighted by molar-refractivity contribution is 7.97. The van der Waals surface area contributed by atoms with Crippen LogP contribution in [0.3, 0.4) is 0 Å². The molecule has 0 saturated heterocycles. The van der Waals surface area contributed by atoms with E-state index in [9.17, 15) is 4.79 Å². The van der Waals surface area contributed by atoms with E-state index in [1.54, 1.807) is 12.4 Å². The van der Waals surface area contributed by atoms with Crippen LogP contribution in [0.15, 0.2) is 116 Å². The molecule has 1 unspecified atom stereocenters. The Morgan fingerprint density at radius 2 is 1.25 bits per heavy atom. The van der Waals surface area contributed by atoms with E-state index in [1.807, 2.05) is 73.7 Å². The maximum absolute atomic E-state index is 13.8. The fourth-order valence-electron chi connectivity index (χ4n) is 4.33. The highest BCUT2D eigenvalue weighted by Crippen LogP contribution is 2.59. The van der Waals surface area contributed by atoms with E-state index in [4.69, 9.17) is 5.41 Å². The Morgan fingerprint density at radius 1 is 0.781 bits per heavy atom. The normalized spacial score (nSPS) is 12.2. The van der Waals surface area contributed by atoms with Gasteiger partial charge in [0.2, 0.25) is 5.78 Å². The topological polar surface area (TPSA) is 53.8 Å². The maximum atomic E-state index is 13.8. The van der Waals surface area contributed by atoms with Gasteiger partial charge in [0.25, 0.3) is 0 Å². The molecule has 0 aliphatic rings. The van der Waals surface area contributed by atoms with Crippen molar-refractivity contribution in [3.63, 3.8) is 0 Å². The number of Topliss-reactive ketones (excluding diaryl/α,β-unsaturated/α-hetero) is 1.